The Kier molecular flexibility index (Phi) is 5.96. The van der Waals surface area contributed by atoms with E-state index in [4.69, 9.17) is 9.47 Å². The first-order valence-electron chi connectivity index (χ1n) is 9.14. The number of hydrogen-bond donors (Lipinski definition) is 2. The summed E-state index contributed by atoms with van der Waals surface area (Å²) in [6.07, 6.45) is 0.581. The van der Waals surface area contributed by atoms with Crippen LogP contribution in [0.1, 0.15) is 23.9 Å². The van der Waals surface area contributed by atoms with Gasteiger partial charge >= 0.3 is 0 Å². The molecule has 1 amide bonds. The highest BCUT2D eigenvalue weighted by Gasteiger charge is 2.15. The van der Waals surface area contributed by atoms with Crippen LogP contribution in [0.25, 0.3) is 5.95 Å². The van der Waals surface area contributed by atoms with E-state index in [1.807, 2.05) is 6.92 Å². The van der Waals surface area contributed by atoms with Crippen LogP contribution in [0, 0.1) is 13.8 Å². The monoisotopic (exact) mass is 397 g/mol. The van der Waals surface area contributed by atoms with Crippen molar-refractivity contribution in [3.05, 3.63) is 57.6 Å². The van der Waals surface area contributed by atoms with Crippen LogP contribution < -0.4 is 20.3 Å². The Morgan fingerprint density at radius 2 is 2.00 bits per heavy atom. The van der Waals surface area contributed by atoms with Gasteiger partial charge in [0.25, 0.3) is 11.5 Å². The van der Waals surface area contributed by atoms with Crippen LogP contribution in [-0.2, 0) is 11.2 Å². The summed E-state index contributed by atoms with van der Waals surface area (Å²) in [6, 6.07) is 8.67. The average molecular weight is 397 g/mol. The molecule has 0 aliphatic carbocycles. The number of hydrogen-bond acceptors (Lipinski definition) is 6. The smallest absolute Gasteiger partial charge is 0.263 e. The molecule has 0 spiro atoms. The number of carbonyl (C=O) groups is 1. The summed E-state index contributed by atoms with van der Waals surface area (Å²) in [6.45, 7) is 5.25. The zero-order valence-electron chi connectivity index (χ0n) is 16.8. The second kappa shape index (κ2) is 8.59. The standard InChI is InChI=1S/C20H23N5O4/c1-5-16-13(3)21-20(23-19(16)27)25-17(9-12(2)24-25)22-18(26)11-29-15-8-6-7-14(10-15)28-4/h6-10H,5,11H2,1-4H3,(H,22,26)(H,21,23,27). The lowest BCUT2D eigenvalue weighted by molar-refractivity contribution is -0.118. The van der Waals surface area contributed by atoms with Crippen molar-refractivity contribution >= 4 is 11.7 Å². The van der Waals surface area contributed by atoms with E-state index in [9.17, 15) is 9.59 Å². The first-order valence-corrected chi connectivity index (χ1v) is 9.14. The first kappa shape index (κ1) is 20.1. The summed E-state index contributed by atoms with van der Waals surface area (Å²) >= 11 is 0. The number of amides is 1. The topological polar surface area (TPSA) is 111 Å². The van der Waals surface area contributed by atoms with Crippen molar-refractivity contribution in [2.45, 2.75) is 27.2 Å². The number of methoxy groups -OCH3 is 1. The molecule has 0 saturated heterocycles. The third-order valence-electron chi connectivity index (χ3n) is 4.27. The number of nitrogens with one attached hydrogen (secondary N) is 2. The van der Waals surface area contributed by atoms with E-state index < -0.39 is 0 Å². The molecule has 0 radical (unpaired) electrons. The predicted octanol–water partition coefficient (Wildman–Crippen LogP) is 2.16. The normalized spacial score (nSPS) is 10.6. The highest BCUT2D eigenvalue weighted by atomic mass is 16.5. The lowest BCUT2D eigenvalue weighted by Gasteiger charge is -2.11. The fourth-order valence-corrected chi connectivity index (χ4v) is 2.88. The van der Waals surface area contributed by atoms with E-state index in [0.717, 1.165) is 0 Å². The minimum absolute atomic E-state index is 0.199. The number of aromatic amines is 1. The van der Waals surface area contributed by atoms with Gasteiger partial charge in [0.15, 0.2) is 6.61 Å². The van der Waals surface area contributed by atoms with Crippen molar-refractivity contribution in [2.24, 2.45) is 0 Å². The first-order chi connectivity index (χ1) is 13.9. The molecule has 0 atom stereocenters. The van der Waals surface area contributed by atoms with E-state index >= 15 is 0 Å². The summed E-state index contributed by atoms with van der Waals surface area (Å²) in [5, 5.41) is 7.06. The van der Waals surface area contributed by atoms with Gasteiger partial charge in [0, 0.05) is 23.4 Å². The Labute approximate surface area is 167 Å². The maximum Gasteiger partial charge on any atom is 0.263 e. The van der Waals surface area contributed by atoms with Crippen LogP contribution in [0.4, 0.5) is 5.82 Å². The Morgan fingerprint density at radius 1 is 1.24 bits per heavy atom. The summed E-state index contributed by atoms with van der Waals surface area (Å²) in [5.41, 5.74) is 1.68. The molecule has 9 nitrogen and oxygen atoms in total. The lowest BCUT2D eigenvalue weighted by Crippen LogP contribution is -2.24. The number of ether oxygens (including phenoxy) is 2. The summed E-state index contributed by atoms with van der Waals surface area (Å²) in [5.74, 6) is 1.40. The van der Waals surface area contributed by atoms with Gasteiger partial charge < -0.3 is 14.8 Å². The molecule has 152 valence electrons. The van der Waals surface area contributed by atoms with Crippen molar-refractivity contribution in [1.29, 1.82) is 0 Å². The Hall–Kier alpha value is -3.62. The van der Waals surface area contributed by atoms with Gasteiger partial charge in [-0.3, -0.25) is 14.6 Å². The molecule has 0 aliphatic heterocycles. The largest absolute Gasteiger partial charge is 0.497 e. The predicted molar refractivity (Wildman–Crippen MR) is 108 cm³/mol. The Balaban J connectivity index is 1.77. The van der Waals surface area contributed by atoms with Gasteiger partial charge in [-0.1, -0.05) is 13.0 Å². The number of benzene rings is 1. The van der Waals surface area contributed by atoms with Gasteiger partial charge in [-0.15, -0.1) is 0 Å². The molecule has 3 aromatic rings. The molecule has 2 heterocycles. The van der Waals surface area contributed by atoms with Crippen molar-refractivity contribution in [2.75, 3.05) is 19.0 Å². The molecule has 9 heteroatoms. The van der Waals surface area contributed by atoms with E-state index in [2.05, 4.69) is 20.4 Å². The van der Waals surface area contributed by atoms with E-state index in [1.54, 1.807) is 51.3 Å². The molecule has 0 unspecified atom stereocenters. The number of anilines is 1. The minimum Gasteiger partial charge on any atom is -0.497 e. The maximum absolute atomic E-state index is 12.4. The molecule has 29 heavy (non-hydrogen) atoms. The molecular formula is C20H23N5O4. The van der Waals surface area contributed by atoms with Crippen molar-refractivity contribution in [1.82, 2.24) is 19.7 Å². The number of carbonyl (C=O) groups excluding carboxylic acids is 1. The molecule has 0 saturated carbocycles. The molecule has 2 N–H and O–H groups in total. The third kappa shape index (κ3) is 4.63. The van der Waals surface area contributed by atoms with Crippen molar-refractivity contribution < 1.29 is 14.3 Å². The number of nitrogens with zero attached hydrogens (tertiary/aromatic N) is 3. The highest BCUT2D eigenvalue weighted by molar-refractivity contribution is 5.91. The molecule has 0 aliphatic rings. The van der Waals surface area contributed by atoms with E-state index in [1.165, 1.54) is 4.68 Å². The van der Waals surface area contributed by atoms with Gasteiger partial charge in [0.1, 0.15) is 17.3 Å². The summed E-state index contributed by atoms with van der Waals surface area (Å²) in [4.78, 5) is 31.8. The molecule has 2 aromatic heterocycles. The van der Waals surface area contributed by atoms with Gasteiger partial charge in [0.05, 0.1) is 12.8 Å². The minimum atomic E-state index is -0.377. The molecular weight excluding hydrogens is 374 g/mol. The Bertz CT molecular complexity index is 1090. The quantitative estimate of drug-likeness (QED) is 0.632. The summed E-state index contributed by atoms with van der Waals surface area (Å²) < 4.78 is 12.0. The van der Waals surface area contributed by atoms with Crippen LogP contribution in [0.3, 0.4) is 0 Å². The van der Waals surface area contributed by atoms with Crippen molar-refractivity contribution in [3.63, 3.8) is 0 Å². The number of aryl methyl sites for hydroxylation is 2. The second-order valence-electron chi connectivity index (χ2n) is 6.41. The molecule has 3 rings (SSSR count). The summed E-state index contributed by atoms with van der Waals surface area (Å²) in [7, 11) is 1.56. The van der Waals surface area contributed by atoms with Gasteiger partial charge in [-0.25, -0.2) is 4.98 Å². The second-order valence-corrected chi connectivity index (χ2v) is 6.41. The van der Waals surface area contributed by atoms with Crippen LogP contribution in [0.15, 0.2) is 35.1 Å². The van der Waals surface area contributed by atoms with Crippen LogP contribution in [-0.4, -0.2) is 39.4 Å². The lowest BCUT2D eigenvalue weighted by atomic mass is 10.2. The average Bonchev–Trinajstić information content (AvgIpc) is 3.06. The van der Waals surface area contributed by atoms with E-state index in [0.29, 0.717) is 40.7 Å². The molecule has 0 fully saturated rings. The van der Waals surface area contributed by atoms with Crippen molar-refractivity contribution in [3.8, 4) is 17.4 Å². The number of rotatable bonds is 7. The van der Waals surface area contributed by atoms with E-state index in [-0.39, 0.29) is 24.0 Å². The van der Waals surface area contributed by atoms with Crippen LogP contribution in [0.5, 0.6) is 11.5 Å². The fraction of sp³-hybridized carbons (Fsp3) is 0.300. The van der Waals surface area contributed by atoms with Crippen LogP contribution >= 0.6 is 0 Å². The zero-order chi connectivity index (χ0) is 21.0. The Morgan fingerprint density at radius 3 is 2.69 bits per heavy atom. The zero-order valence-corrected chi connectivity index (χ0v) is 16.8. The van der Waals surface area contributed by atoms with Crippen LogP contribution in [0.2, 0.25) is 0 Å². The third-order valence-corrected chi connectivity index (χ3v) is 4.27. The molecule has 1 aromatic carbocycles. The number of aromatic nitrogens is 4. The molecule has 0 bridgehead atoms. The van der Waals surface area contributed by atoms with Gasteiger partial charge in [-0.05, 0) is 32.4 Å². The SMILES string of the molecule is CCc1c(C)nc(-n2nc(C)cc2NC(=O)COc2cccc(OC)c2)[nH]c1=O. The highest BCUT2D eigenvalue weighted by Crippen LogP contribution is 2.19. The fourth-order valence-electron chi connectivity index (χ4n) is 2.88. The maximum atomic E-state index is 12.4. The van der Waals surface area contributed by atoms with Gasteiger partial charge in [-0.2, -0.15) is 9.78 Å². The number of H-pyrrole nitrogens is 1. The van der Waals surface area contributed by atoms with Gasteiger partial charge in [0.2, 0.25) is 5.95 Å².